The van der Waals surface area contributed by atoms with Crippen LogP contribution in [0.2, 0.25) is 0 Å². The van der Waals surface area contributed by atoms with Crippen LogP contribution in [-0.2, 0) is 16.1 Å². The van der Waals surface area contributed by atoms with E-state index in [2.05, 4.69) is 15.5 Å². The molecule has 2 aromatic heterocycles. The first-order chi connectivity index (χ1) is 11.7. The van der Waals surface area contributed by atoms with Gasteiger partial charge in [-0.05, 0) is 25.0 Å². The highest BCUT2D eigenvalue weighted by Gasteiger charge is 2.35. The molecule has 0 aromatic carbocycles. The molecule has 2 aliphatic rings. The van der Waals surface area contributed by atoms with Crippen molar-refractivity contribution in [2.45, 2.75) is 38.1 Å². The molecule has 1 saturated heterocycles. The number of hydrogen-bond acceptors (Lipinski definition) is 6. The largest absolute Gasteiger partial charge is 0.467 e. The Kier molecular flexibility index (Phi) is 4.05. The molecule has 7 nitrogen and oxygen atoms in total. The molecule has 0 unspecified atom stereocenters. The van der Waals surface area contributed by atoms with E-state index in [4.69, 9.17) is 4.42 Å². The molecule has 1 N–H and O–H groups in total. The van der Waals surface area contributed by atoms with E-state index in [-0.39, 0.29) is 24.2 Å². The number of likely N-dealkylation sites (tertiary alicyclic amines) is 1. The van der Waals surface area contributed by atoms with Gasteiger partial charge in [0.1, 0.15) is 10.8 Å². The Labute approximate surface area is 143 Å². The van der Waals surface area contributed by atoms with Gasteiger partial charge in [0.25, 0.3) is 0 Å². The van der Waals surface area contributed by atoms with E-state index in [1.807, 2.05) is 6.07 Å². The Morgan fingerprint density at radius 3 is 3.00 bits per heavy atom. The number of anilines is 1. The topological polar surface area (TPSA) is 88.3 Å². The summed E-state index contributed by atoms with van der Waals surface area (Å²) in [7, 11) is 0. The number of carbonyl (C=O) groups is 2. The summed E-state index contributed by atoms with van der Waals surface area (Å²) in [5.41, 5.74) is 0. The van der Waals surface area contributed by atoms with Crippen molar-refractivity contribution < 1.29 is 14.0 Å². The van der Waals surface area contributed by atoms with Crippen molar-refractivity contribution in [1.29, 1.82) is 0 Å². The molecule has 0 radical (unpaired) electrons. The SMILES string of the molecule is O=C(Nc1nnc(C2CCC2)s1)[C@H]1CC(=O)N(Cc2ccco2)C1. The molecule has 126 valence electrons. The fourth-order valence-corrected chi connectivity index (χ4v) is 3.92. The molecule has 8 heteroatoms. The standard InChI is InChI=1S/C16H18N4O3S/c21-13-7-11(8-20(13)9-12-5-2-6-23-12)14(22)17-16-19-18-15(24-16)10-3-1-4-10/h2,5-6,10-11H,1,3-4,7-9H2,(H,17,19,22)/t11-/m0/s1. The van der Waals surface area contributed by atoms with Gasteiger partial charge >= 0.3 is 0 Å². The normalized spacial score (nSPS) is 21.1. The lowest BCUT2D eigenvalue weighted by Crippen LogP contribution is -2.27. The number of hydrogen-bond donors (Lipinski definition) is 1. The predicted octanol–water partition coefficient (Wildman–Crippen LogP) is 2.39. The average molecular weight is 346 g/mol. The summed E-state index contributed by atoms with van der Waals surface area (Å²) >= 11 is 1.44. The van der Waals surface area contributed by atoms with Crippen LogP contribution in [0.15, 0.2) is 22.8 Å². The molecular formula is C16H18N4O3S. The molecule has 1 aliphatic carbocycles. The molecule has 1 aliphatic heterocycles. The van der Waals surface area contributed by atoms with Crippen LogP contribution in [0, 0.1) is 5.92 Å². The third-order valence-corrected chi connectivity index (χ3v) is 5.64. The Bertz CT molecular complexity index is 738. The minimum Gasteiger partial charge on any atom is -0.467 e. The van der Waals surface area contributed by atoms with E-state index in [9.17, 15) is 9.59 Å². The van der Waals surface area contributed by atoms with Gasteiger partial charge in [-0.2, -0.15) is 0 Å². The third-order valence-electron chi connectivity index (χ3n) is 4.64. The Hall–Kier alpha value is -2.22. The number of aromatic nitrogens is 2. The summed E-state index contributed by atoms with van der Waals surface area (Å²) in [6.07, 6.45) is 5.35. The summed E-state index contributed by atoms with van der Waals surface area (Å²) in [5, 5.41) is 12.6. The fourth-order valence-electron chi connectivity index (χ4n) is 3.00. The molecule has 2 amide bonds. The van der Waals surface area contributed by atoms with Gasteiger partial charge in [0.15, 0.2) is 0 Å². The van der Waals surface area contributed by atoms with Crippen LogP contribution in [0.3, 0.4) is 0 Å². The van der Waals surface area contributed by atoms with Crippen LogP contribution in [-0.4, -0.2) is 33.5 Å². The van der Waals surface area contributed by atoms with Gasteiger partial charge < -0.3 is 14.6 Å². The first-order valence-corrected chi connectivity index (χ1v) is 8.95. The highest BCUT2D eigenvalue weighted by molar-refractivity contribution is 7.15. The van der Waals surface area contributed by atoms with Crippen LogP contribution in [0.1, 0.15) is 42.4 Å². The van der Waals surface area contributed by atoms with E-state index in [1.165, 1.54) is 17.8 Å². The van der Waals surface area contributed by atoms with Crippen LogP contribution >= 0.6 is 11.3 Å². The fraction of sp³-hybridized carbons (Fsp3) is 0.500. The van der Waals surface area contributed by atoms with Crippen LogP contribution in [0.4, 0.5) is 5.13 Å². The average Bonchev–Trinajstić information content (AvgIpc) is 3.21. The van der Waals surface area contributed by atoms with Crippen LogP contribution < -0.4 is 5.32 Å². The molecule has 1 atom stereocenters. The number of nitrogens with zero attached hydrogens (tertiary/aromatic N) is 3. The van der Waals surface area contributed by atoms with E-state index >= 15 is 0 Å². The zero-order chi connectivity index (χ0) is 16.5. The van der Waals surface area contributed by atoms with Gasteiger partial charge in [0, 0.05) is 18.9 Å². The third kappa shape index (κ3) is 3.06. The summed E-state index contributed by atoms with van der Waals surface area (Å²) in [5.74, 6) is 0.674. The smallest absolute Gasteiger partial charge is 0.231 e. The monoisotopic (exact) mass is 346 g/mol. The first kappa shape index (κ1) is 15.3. The Balaban J connectivity index is 1.34. The highest BCUT2D eigenvalue weighted by atomic mass is 32.1. The van der Waals surface area contributed by atoms with Crippen molar-refractivity contribution in [1.82, 2.24) is 15.1 Å². The Morgan fingerprint density at radius 2 is 2.29 bits per heavy atom. The van der Waals surface area contributed by atoms with Crippen molar-refractivity contribution in [2.24, 2.45) is 5.92 Å². The van der Waals surface area contributed by atoms with Crippen LogP contribution in [0.25, 0.3) is 0 Å². The van der Waals surface area contributed by atoms with Gasteiger partial charge in [0.05, 0.1) is 18.7 Å². The summed E-state index contributed by atoms with van der Waals surface area (Å²) in [6, 6.07) is 3.61. The van der Waals surface area contributed by atoms with E-state index in [1.54, 1.807) is 17.2 Å². The molecule has 0 spiro atoms. The number of furan rings is 1. The van der Waals surface area contributed by atoms with Gasteiger partial charge in [0.2, 0.25) is 16.9 Å². The molecule has 2 aromatic rings. The lowest BCUT2D eigenvalue weighted by atomic mass is 9.86. The lowest BCUT2D eigenvalue weighted by Gasteiger charge is -2.21. The molecular weight excluding hydrogens is 328 g/mol. The number of nitrogens with one attached hydrogen (secondary N) is 1. The molecule has 0 bridgehead atoms. The summed E-state index contributed by atoms with van der Waals surface area (Å²) < 4.78 is 5.27. The van der Waals surface area contributed by atoms with Crippen LogP contribution in [0.5, 0.6) is 0 Å². The van der Waals surface area contributed by atoms with E-state index in [0.717, 1.165) is 23.6 Å². The molecule has 24 heavy (non-hydrogen) atoms. The lowest BCUT2D eigenvalue weighted by molar-refractivity contribution is -0.128. The summed E-state index contributed by atoms with van der Waals surface area (Å²) in [6.45, 7) is 0.805. The van der Waals surface area contributed by atoms with Gasteiger partial charge in [-0.15, -0.1) is 10.2 Å². The van der Waals surface area contributed by atoms with Gasteiger partial charge in [-0.1, -0.05) is 17.8 Å². The second-order valence-corrected chi connectivity index (χ2v) is 7.33. The molecule has 2 fully saturated rings. The Morgan fingerprint density at radius 1 is 1.42 bits per heavy atom. The maximum Gasteiger partial charge on any atom is 0.231 e. The molecule has 4 rings (SSSR count). The maximum atomic E-state index is 12.4. The highest BCUT2D eigenvalue weighted by Crippen LogP contribution is 2.38. The van der Waals surface area contributed by atoms with Crippen molar-refractivity contribution in [3.05, 3.63) is 29.2 Å². The number of amides is 2. The summed E-state index contributed by atoms with van der Waals surface area (Å²) in [4.78, 5) is 26.1. The minimum atomic E-state index is -0.358. The zero-order valence-corrected chi connectivity index (χ0v) is 13.9. The second-order valence-electron chi connectivity index (χ2n) is 6.32. The quantitative estimate of drug-likeness (QED) is 0.898. The maximum absolute atomic E-state index is 12.4. The first-order valence-electron chi connectivity index (χ1n) is 8.13. The van der Waals surface area contributed by atoms with Gasteiger partial charge in [-0.25, -0.2) is 0 Å². The van der Waals surface area contributed by atoms with E-state index < -0.39 is 0 Å². The van der Waals surface area contributed by atoms with Crippen molar-refractivity contribution in [2.75, 3.05) is 11.9 Å². The van der Waals surface area contributed by atoms with Crippen molar-refractivity contribution >= 4 is 28.3 Å². The number of rotatable bonds is 5. The molecule has 3 heterocycles. The van der Waals surface area contributed by atoms with Crippen molar-refractivity contribution in [3.63, 3.8) is 0 Å². The number of carbonyl (C=O) groups excluding carboxylic acids is 2. The molecule has 1 saturated carbocycles. The minimum absolute atomic E-state index is 0.0287. The van der Waals surface area contributed by atoms with E-state index in [0.29, 0.717) is 24.1 Å². The van der Waals surface area contributed by atoms with Gasteiger partial charge in [-0.3, -0.25) is 9.59 Å². The van der Waals surface area contributed by atoms with Crippen molar-refractivity contribution in [3.8, 4) is 0 Å². The predicted molar refractivity (Wildman–Crippen MR) is 87.4 cm³/mol. The zero-order valence-electron chi connectivity index (χ0n) is 13.1. The second kappa shape index (κ2) is 6.35.